The molecule has 2 aromatic rings. The van der Waals surface area contributed by atoms with Crippen molar-refractivity contribution in [2.45, 2.75) is 20.0 Å². The Bertz CT molecular complexity index is 633. The average Bonchev–Trinajstić information content (AvgIpc) is 2.98. The highest BCUT2D eigenvalue weighted by Crippen LogP contribution is 2.17. The van der Waals surface area contributed by atoms with Gasteiger partial charge < -0.3 is 15.5 Å². The van der Waals surface area contributed by atoms with Gasteiger partial charge in [-0.05, 0) is 18.1 Å². The number of nitrogens with zero attached hydrogens (tertiary/aromatic N) is 3. The van der Waals surface area contributed by atoms with Crippen LogP contribution in [0, 0.1) is 6.92 Å². The minimum Gasteiger partial charge on any atom is -0.354 e. The molecular formula is C16H23N5S. The van der Waals surface area contributed by atoms with E-state index >= 15 is 0 Å². The van der Waals surface area contributed by atoms with Gasteiger partial charge in [-0.15, -0.1) is 11.3 Å². The molecule has 2 rings (SSSR count). The molecule has 0 saturated heterocycles. The van der Waals surface area contributed by atoms with Gasteiger partial charge in [0, 0.05) is 33.1 Å². The number of rotatable bonds is 5. The highest BCUT2D eigenvalue weighted by molar-refractivity contribution is 7.13. The maximum Gasteiger partial charge on any atom is 0.191 e. The Morgan fingerprint density at radius 2 is 1.95 bits per heavy atom. The number of hydrogen-bond acceptors (Lipinski definition) is 4. The molecule has 0 aliphatic rings. The molecule has 0 spiro atoms. The average molecular weight is 317 g/mol. The predicted molar refractivity (Wildman–Crippen MR) is 94.7 cm³/mol. The second kappa shape index (κ2) is 7.79. The normalized spacial score (nSPS) is 11.4. The highest BCUT2D eigenvalue weighted by atomic mass is 32.1. The summed E-state index contributed by atoms with van der Waals surface area (Å²) < 4.78 is 0. The standard InChI is InChI=1S/C16H23N5S/c1-12-7-5-6-8-13(12)9-18-15(17-2)19-10-14-11-22-16(20-14)21(3)4/h5-8,11H,9-10H2,1-4H3,(H2,17,18,19). The van der Waals surface area contributed by atoms with Crippen LogP contribution in [0.3, 0.4) is 0 Å². The van der Waals surface area contributed by atoms with Gasteiger partial charge >= 0.3 is 0 Å². The molecule has 0 aliphatic heterocycles. The van der Waals surface area contributed by atoms with Crippen LogP contribution < -0.4 is 15.5 Å². The summed E-state index contributed by atoms with van der Waals surface area (Å²) in [6.45, 7) is 3.54. The Morgan fingerprint density at radius 1 is 1.23 bits per heavy atom. The number of aliphatic imine (C=N–C) groups is 1. The first-order valence-electron chi connectivity index (χ1n) is 7.21. The summed E-state index contributed by atoms with van der Waals surface area (Å²) in [5.41, 5.74) is 3.57. The quantitative estimate of drug-likeness (QED) is 0.657. The zero-order valence-corrected chi connectivity index (χ0v) is 14.4. The molecule has 0 amide bonds. The van der Waals surface area contributed by atoms with Gasteiger partial charge in [-0.1, -0.05) is 24.3 Å². The zero-order valence-electron chi connectivity index (χ0n) is 13.6. The second-order valence-electron chi connectivity index (χ2n) is 5.22. The largest absolute Gasteiger partial charge is 0.354 e. The molecule has 0 saturated carbocycles. The van der Waals surface area contributed by atoms with Gasteiger partial charge in [0.1, 0.15) is 0 Å². The minimum atomic E-state index is 0.664. The molecule has 1 aromatic heterocycles. The number of thiazole rings is 1. The molecule has 1 heterocycles. The van der Waals surface area contributed by atoms with E-state index < -0.39 is 0 Å². The van der Waals surface area contributed by atoms with E-state index in [-0.39, 0.29) is 0 Å². The number of hydrogen-bond donors (Lipinski definition) is 2. The van der Waals surface area contributed by atoms with Gasteiger partial charge in [-0.25, -0.2) is 4.98 Å². The lowest BCUT2D eigenvalue weighted by molar-refractivity contribution is 0.795. The Labute approximate surface area is 136 Å². The fourth-order valence-electron chi connectivity index (χ4n) is 1.97. The Morgan fingerprint density at radius 3 is 2.59 bits per heavy atom. The van der Waals surface area contributed by atoms with Crippen LogP contribution >= 0.6 is 11.3 Å². The number of aromatic nitrogens is 1. The molecule has 5 nitrogen and oxygen atoms in total. The van der Waals surface area contributed by atoms with E-state index in [4.69, 9.17) is 0 Å². The van der Waals surface area contributed by atoms with E-state index in [0.717, 1.165) is 23.3 Å². The third-order valence-corrected chi connectivity index (χ3v) is 4.35. The molecule has 22 heavy (non-hydrogen) atoms. The van der Waals surface area contributed by atoms with Crippen molar-refractivity contribution < 1.29 is 0 Å². The molecule has 0 bridgehead atoms. The first-order valence-corrected chi connectivity index (χ1v) is 8.09. The van der Waals surface area contributed by atoms with Gasteiger partial charge in [0.05, 0.1) is 12.2 Å². The summed E-state index contributed by atoms with van der Waals surface area (Å²) in [5, 5.41) is 9.70. The third kappa shape index (κ3) is 4.46. The van der Waals surface area contributed by atoms with Crippen LogP contribution in [0.5, 0.6) is 0 Å². The summed E-state index contributed by atoms with van der Waals surface area (Å²) in [4.78, 5) is 10.8. The van der Waals surface area contributed by atoms with Crippen molar-refractivity contribution in [2.24, 2.45) is 4.99 Å². The van der Waals surface area contributed by atoms with Gasteiger partial charge in [0.15, 0.2) is 11.1 Å². The van der Waals surface area contributed by atoms with Crippen LogP contribution in [0.1, 0.15) is 16.8 Å². The Balaban J connectivity index is 1.86. The van der Waals surface area contributed by atoms with Gasteiger partial charge in [-0.3, -0.25) is 4.99 Å². The number of nitrogens with one attached hydrogen (secondary N) is 2. The van der Waals surface area contributed by atoms with Crippen molar-refractivity contribution in [1.29, 1.82) is 0 Å². The second-order valence-corrected chi connectivity index (χ2v) is 6.06. The SMILES string of the molecule is CN=C(NCc1csc(N(C)C)n1)NCc1ccccc1C. The highest BCUT2D eigenvalue weighted by Gasteiger charge is 2.05. The van der Waals surface area contributed by atoms with Crippen molar-refractivity contribution in [1.82, 2.24) is 15.6 Å². The topological polar surface area (TPSA) is 52.6 Å². The maximum absolute atomic E-state index is 4.55. The number of aryl methyl sites for hydroxylation is 1. The number of anilines is 1. The monoisotopic (exact) mass is 317 g/mol. The maximum atomic E-state index is 4.55. The van der Waals surface area contributed by atoms with Crippen LogP contribution in [-0.4, -0.2) is 32.1 Å². The first kappa shape index (κ1) is 16.3. The Hall–Kier alpha value is -2.08. The van der Waals surface area contributed by atoms with E-state index in [1.165, 1.54) is 11.1 Å². The van der Waals surface area contributed by atoms with Crippen LogP contribution in [0.25, 0.3) is 0 Å². The summed E-state index contributed by atoms with van der Waals surface area (Å²) in [6.07, 6.45) is 0. The van der Waals surface area contributed by atoms with Gasteiger partial charge in [0.2, 0.25) is 0 Å². The van der Waals surface area contributed by atoms with Crippen molar-refractivity contribution in [2.75, 3.05) is 26.0 Å². The molecule has 0 atom stereocenters. The summed E-state index contributed by atoms with van der Waals surface area (Å²) in [7, 11) is 5.77. The lowest BCUT2D eigenvalue weighted by Crippen LogP contribution is -2.36. The fourth-order valence-corrected chi connectivity index (χ4v) is 2.72. The van der Waals surface area contributed by atoms with Gasteiger partial charge in [-0.2, -0.15) is 0 Å². The minimum absolute atomic E-state index is 0.664. The summed E-state index contributed by atoms with van der Waals surface area (Å²) in [6, 6.07) is 8.35. The lowest BCUT2D eigenvalue weighted by Gasteiger charge is -2.12. The molecule has 0 aliphatic carbocycles. The third-order valence-electron chi connectivity index (χ3n) is 3.29. The summed E-state index contributed by atoms with van der Waals surface area (Å²) in [5.74, 6) is 0.780. The van der Waals surface area contributed by atoms with Crippen LogP contribution in [0.15, 0.2) is 34.6 Å². The predicted octanol–water partition coefficient (Wildman–Crippen LogP) is 2.38. The van der Waals surface area contributed by atoms with E-state index in [1.54, 1.807) is 18.4 Å². The van der Waals surface area contributed by atoms with Crippen LogP contribution in [0.2, 0.25) is 0 Å². The zero-order chi connectivity index (χ0) is 15.9. The molecule has 118 valence electrons. The first-order chi connectivity index (χ1) is 10.6. The van der Waals surface area contributed by atoms with Crippen LogP contribution in [0.4, 0.5) is 5.13 Å². The van der Waals surface area contributed by atoms with E-state index in [2.05, 4.69) is 57.2 Å². The van der Waals surface area contributed by atoms with Crippen molar-refractivity contribution in [3.63, 3.8) is 0 Å². The molecular weight excluding hydrogens is 294 g/mol. The summed E-state index contributed by atoms with van der Waals surface area (Å²) >= 11 is 1.64. The van der Waals surface area contributed by atoms with Crippen molar-refractivity contribution in [3.8, 4) is 0 Å². The molecule has 0 fully saturated rings. The molecule has 1 aromatic carbocycles. The van der Waals surface area contributed by atoms with Crippen molar-refractivity contribution in [3.05, 3.63) is 46.5 Å². The smallest absolute Gasteiger partial charge is 0.191 e. The van der Waals surface area contributed by atoms with E-state index in [9.17, 15) is 0 Å². The molecule has 2 N–H and O–H groups in total. The lowest BCUT2D eigenvalue weighted by atomic mass is 10.1. The molecule has 6 heteroatoms. The number of benzene rings is 1. The van der Waals surface area contributed by atoms with E-state index in [1.807, 2.05) is 19.0 Å². The number of guanidine groups is 1. The molecule has 0 unspecified atom stereocenters. The van der Waals surface area contributed by atoms with E-state index in [0.29, 0.717) is 6.54 Å². The Kier molecular flexibility index (Phi) is 5.77. The van der Waals surface area contributed by atoms with Crippen molar-refractivity contribution >= 4 is 22.4 Å². The fraction of sp³-hybridized carbons (Fsp3) is 0.375. The molecule has 0 radical (unpaired) electrons. The van der Waals surface area contributed by atoms with Gasteiger partial charge in [0.25, 0.3) is 0 Å². The van der Waals surface area contributed by atoms with Crippen LogP contribution in [-0.2, 0) is 13.1 Å².